The predicted molar refractivity (Wildman–Crippen MR) is 113 cm³/mol. The minimum atomic E-state index is -0.138. The summed E-state index contributed by atoms with van der Waals surface area (Å²) in [5.41, 5.74) is 1.75. The molecule has 1 fully saturated rings. The Balaban J connectivity index is 1.45. The van der Waals surface area contributed by atoms with E-state index in [1.807, 2.05) is 49.4 Å². The van der Waals surface area contributed by atoms with E-state index in [0.717, 1.165) is 16.9 Å². The van der Waals surface area contributed by atoms with Crippen LogP contribution in [0.1, 0.15) is 30.7 Å². The molecule has 1 aromatic heterocycles. The third-order valence-electron chi connectivity index (χ3n) is 5.28. The molecule has 8 heteroatoms. The predicted octanol–water partition coefficient (Wildman–Crippen LogP) is 3.67. The van der Waals surface area contributed by atoms with E-state index in [-0.39, 0.29) is 11.8 Å². The van der Waals surface area contributed by atoms with E-state index in [4.69, 9.17) is 18.7 Å². The lowest BCUT2D eigenvalue weighted by atomic mass is 10.1. The number of ether oxygens (including phenoxy) is 3. The van der Waals surface area contributed by atoms with E-state index >= 15 is 0 Å². The monoisotopic (exact) mass is 423 g/mol. The SMILES string of the molecule is CCOc1ccc(-c2noc(C3CC(=O)N(Cc4ccc(OC)cc4OC)C3)n2)cc1. The Labute approximate surface area is 180 Å². The minimum absolute atomic E-state index is 0.0451. The summed E-state index contributed by atoms with van der Waals surface area (Å²) in [7, 11) is 3.21. The van der Waals surface area contributed by atoms with Crippen LogP contribution in [0.2, 0.25) is 0 Å². The van der Waals surface area contributed by atoms with Gasteiger partial charge in [-0.15, -0.1) is 0 Å². The van der Waals surface area contributed by atoms with Crippen LogP contribution in [0.4, 0.5) is 0 Å². The number of nitrogens with zero attached hydrogens (tertiary/aromatic N) is 3. The molecule has 1 aliphatic heterocycles. The fourth-order valence-corrected chi connectivity index (χ4v) is 3.66. The van der Waals surface area contributed by atoms with E-state index < -0.39 is 0 Å². The zero-order valence-corrected chi connectivity index (χ0v) is 17.8. The molecule has 3 aromatic rings. The van der Waals surface area contributed by atoms with Gasteiger partial charge >= 0.3 is 0 Å². The molecular formula is C23H25N3O5. The Morgan fingerprint density at radius 2 is 1.87 bits per heavy atom. The quantitative estimate of drug-likeness (QED) is 0.546. The van der Waals surface area contributed by atoms with Gasteiger partial charge in [0, 0.05) is 36.7 Å². The van der Waals surface area contributed by atoms with Crippen molar-refractivity contribution in [2.45, 2.75) is 25.8 Å². The fraction of sp³-hybridized carbons (Fsp3) is 0.348. The Morgan fingerprint density at radius 1 is 1.10 bits per heavy atom. The standard InChI is InChI=1S/C23H25N3O5/c1-4-30-18-8-5-15(6-9-18)22-24-23(31-25-22)17-11-21(27)26(14-17)13-16-7-10-19(28-2)12-20(16)29-3/h5-10,12,17H,4,11,13-14H2,1-3H3. The number of rotatable bonds is 8. The van der Waals surface area contributed by atoms with Gasteiger partial charge in [0.05, 0.1) is 26.7 Å². The molecule has 4 rings (SSSR count). The average molecular weight is 423 g/mol. The smallest absolute Gasteiger partial charge is 0.232 e. The second-order valence-corrected chi connectivity index (χ2v) is 7.27. The lowest BCUT2D eigenvalue weighted by Crippen LogP contribution is -2.24. The van der Waals surface area contributed by atoms with Gasteiger partial charge in [-0.3, -0.25) is 4.79 Å². The molecular weight excluding hydrogens is 398 g/mol. The maximum absolute atomic E-state index is 12.6. The van der Waals surface area contributed by atoms with E-state index in [2.05, 4.69) is 10.1 Å². The van der Waals surface area contributed by atoms with Crippen molar-refractivity contribution in [3.05, 3.63) is 53.9 Å². The zero-order chi connectivity index (χ0) is 21.8. The van der Waals surface area contributed by atoms with Crippen molar-refractivity contribution in [3.63, 3.8) is 0 Å². The first-order valence-electron chi connectivity index (χ1n) is 10.2. The first-order valence-corrected chi connectivity index (χ1v) is 10.2. The van der Waals surface area contributed by atoms with Gasteiger partial charge in [0.15, 0.2) is 0 Å². The molecule has 0 spiro atoms. The number of carbonyl (C=O) groups excluding carboxylic acids is 1. The summed E-state index contributed by atoms with van der Waals surface area (Å²) in [6.07, 6.45) is 0.337. The molecule has 0 saturated carbocycles. The molecule has 1 amide bonds. The molecule has 1 aliphatic rings. The van der Waals surface area contributed by atoms with Gasteiger partial charge in [-0.2, -0.15) is 4.98 Å². The average Bonchev–Trinajstić information content (AvgIpc) is 3.42. The maximum Gasteiger partial charge on any atom is 0.232 e. The number of carbonyl (C=O) groups is 1. The molecule has 1 atom stereocenters. The van der Waals surface area contributed by atoms with E-state index in [1.54, 1.807) is 19.1 Å². The first-order chi connectivity index (χ1) is 15.1. The third kappa shape index (κ3) is 4.47. The van der Waals surface area contributed by atoms with Crippen LogP contribution < -0.4 is 14.2 Å². The Kier molecular flexibility index (Phi) is 6.06. The summed E-state index contributed by atoms with van der Waals surface area (Å²) in [5.74, 6) is 3.07. The molecule has 2 aromatic carbocycles. The van der Waals surface area contributed by atoms with Gasteiger partial charge in [0.1, 0.15) is 17.2 Å². The van der Waals surface area contributed by atoms with Crippen molar-refractivity contribution in [1.29, 1.82) is 0 Å². The summed E-state index contributed by atoms with van der Waals surface area (Å²) in [6, 6.07) is 13.1. The maximum atomic E-state index is 12.6. The first kappa shape index (κ1) is 20.7. The highest BCUT2D eigenvalue weighted by atomic mass is 16.5. The van der Waals surface area contributed by atoms with Gasteiger partial charge < -0.3 is 23.6 Å². The second kappa shape index (κ2) is 9.07. The van der Waals surface area contributed by atoms with E-state index in [1.165, 1.54) is 0 Å². The molecule has 162 valence electrons. The highest BCUT2D eigenvalue weighted by Crippen LogP contribution is 2.32. The van der Waals surface area contributed by atoms with Crippen LogP contribution in [0.25, 0.3) is 11.4 Å². The van der Waals surface area contributed by atoms with Gasteiger partial charge in [-0.25, -0.2) is 0 Å². The Morgan fingerprint density at radius 3 is 2.58 bits per heavy atom. The molecule has 8 nitrogen and oxygen atoms in total. The molecule has 31 heavy (non-hydrogen) atoms. The number of amides is 1. The fourth-order valence-electron chi connectivity index (χ4n) is 3.66. The van der Waals surface area contributed by atoms with Gasteiger partial charge in [0.25, 0.3) is 0 Å². The Bertz CT molecular complexity index is 1050. The van der Waals surface area contributed by atoms with Crippen molar-refractivity contribution >= 4 is 5.91 Å². The minimum Gasteiger partial charge on any atom is -0.497 e. The molecule has 0 bridgehead atoms. The lowest BCUT2D eigenvalue weighted by Gasteiger charge is -2.18. The van der Waals surface area contributed by atoms with Crippen molar-refractivity contribution in [1.82, 2.24) is 15.0 Å². The topological polar surface area (TPSA) is 86.9 Å². The highest BCUT2D eigenvalue weighted by molar-refractivity contribution is 5.79. The molecule has 1 unspecified atom stereocenters. The van der Waals surface area contributed by atoms with E-state index in [9.17, 15) is 4.79 Å². The van der Waals surface area contributed by atoms with Gasteiger partial charge in [0.2, 0.25) is 17.6 Å². The zero-order valence-electron chi connectivity index (χ0n) is 17.8. The normalized spacial score (nSPS) is 15.9. The molecule has 1 saturated heterocycles. The number of hydrogen-bond acceptors (Lipinski definition) is 7. The summed E-state index contributed by atoms with van der Waals surface area (Å²) in [4.78, 5) is 18.9. The van der Waals surface area contributed by atoms with Crippen LogP contribution in [0.15, 0.2) is 47.0 Å². The summed E-state index contributed by atoms with van der Waals surface area (Å²) < 4.78 is 21.6. The van der Waals surface area contributed by atoms with Crippen LogP contribution >= 0.6 is 0 Å². The summed E-state index contributed by atoms with van der Waals surface area (Å²) >= 11 is 0. The molecule has 0 N–H and O–H groups in total. The van der Waals surface area contributed by atoms with Crippen LogP contribution in [0.5, 0.6) is 17.2 Å². The molecule has 0 radical (unpaired) electrons. The van der Waals surface area contributed by atoms with Crippen LogP contribution in [0.3, 0.4) is 0 Å². The van der Waals surface area contributed by atoms with Crippen molar-refractivity contribution in [2.24, 2.45) is 0 Å². The lowest BCUT2D eigenvalue weighted by molar-refractivity contribution is -0.128. The number of likely N-dealkylation sites (tertiary alicyclic amines) is 1. The summed E-state index contributed by atoms with van der Waals surface area (Å²) in [6.45, 7) is 3.51. The van der Waals surface area contributed by atoms with Gasteiger partial charge in [-0.05, 0) is 43.3 Å². The van der Waals surface area contributed by atoms with E-state index in [0.29, 0.717) is 49.3 Å². The largest absolute Gasteiger partial charge is 0.497 e. The van der Waals surface area contributed by atoms with Gasteiger partial charge in [-0.1, -0.05) is 5.16 Å². The van der Waals surface area contributed by atoms with Crippen molar-refractivity contribution in [3.8, 4) is 28.6 Å². The second-order valence-electron chi connectivity index (χ2n) is 7.27. The summed E-state index contributed by atoms with van der Waals surface area (Å²) in [5, 5.41) is 4.10. The van der Waals surface area contributed by atoms with Crippen LogP contribution in [-0.4, -0.2) is 48.3 Å². The van der Waals surface area contributed by atoms with Crippen molar-refractivity contribution < 1.29 is 23.5 Å². The third-order valence-corrected chi connectivity index (χ3v) is 5.28. The number of methoxy groups -OCH3 is 2. The Hall–Kier alpha value is -3.55. The molecule has 2 heterocycles. The highest BCUT2D eigenvalue weighted by Gasteiger charge is 2.34. The number of hydrogen-bond donors (Lipinski definition) is 0. The number of aromatic nitrogens is 2. The molecule has 0 aliphatic carbocycles. The van der Waals surface area contributed by atoms with Crippen LogP contribution in [0, 0.1) is 0 Å². The number of benzene rings is 2. The van der Waals surface area contributed by atoms with Crippen molar-refractivity contribution in [2.75, 3.05) is 27.4 Å². The van der Waals surface area contributed by atoms with Crippen LogP contribution in [-0.2, 0) is 11.3 Å².